The van der Waals surface area contributed by atoms with Gasteiger partial charge in [-0.15, -0.1) is 0 Å². The number of carbonyl (C=O) groups excluding carboxylic acids is 2. The zero-order chi connectivity index (χ0) is 19.6. The number of hydrogen-bond donors (Lipinski definition) is 1. The summed E-state index contributed by atoms with van der Waals surface area (Å²) in [4.78, 5) is 34.5. The molecule has 146 valence electrons. The summed E-state index contributed by atoms with van der Waals surface area (Å²) < 4.78 is 6.25. The summed E-state index contributed by atoms with van der Waals surface area (Å²) in [5, 5.41) is 0. The number of ether oxygens (including phenoxy) is 1. The molecule has 28 heavy (non-hydrogen) atoms. The van der Waals surface area contributed by atoms with Crippen molar-refractivity contribution in [1.29, 1.82) is 0 Å². The van der Waals surface area contributed by atoms with E-state index in [1.807, 2.05) is 36.5 Å². The Morgan fingerprint density at radius 3 is 2.61 bits per heavy atom. The van der Waals surface area contributed by atoms with Gasteiger partial charge >= 0.3 is 0 Å². The van der Waals surface area contributed by atoms with E-state index in [1.165, 1.54) is 0 Å². The van der Waals surface area contributed by atoms with Crippen LogP contribution >= 0.6 is 0 Å². The van der Waals surface area contributed by atoms with Crippen LogP contribution in [0.25, 0.3) is 11.4 Å². The van der Waals surface area contributed by atoms with Crippen molar-refractivity contribution < 1.29 is 14.3 Å². The second kappa shape index (κ2) is 7.67. The number of carbonyl (C=O) groups is 2. The van der Waals surface area contributed by atoms with Crippen LogP contribution in [0, 0.1) is 0 Å². The first-order chi connectivity index (χ1) is 13.6. The van der Waals surface area contributed by atoms with Crippen LogP contribution in [-0.4, -0.2) is 46.4 Å². The van der Waals surface area contributed by atoms with E-state index in [9.17, 15) is 9.59 Å². The zero-order valence-electron chi connectivity index (χ0n) is 15.8. The highest BCUT2D eigenvalue weighted by Gasteiger charge is 2.43. The molecule has 2 N–H and O–H groups in total. The van der Waals surface area contributed by atoms with Crippen molar-refractivity contribution in [2.75, 3.05) is 19.7 Å². The fraction of sp³-hybridized carbons (Fsp3) is 0.429. The lowest BCUT2D eigenvalue weighted by atomic mass is 9.83. The molecular formula is C21H24N4O3. The van der Waals surface area contributed by atoms with Gasteiger partial charge in [0.2, 0.25) is 11.8 Å². The molecule has 1 aromatic carbocycles. The molecule has 0 bridgehead atoms. The van der Waals surface area contributed by atoms with Gasteiger partial charge in [-0.1, -0.05) is 30.3 Å². The molecule has 1 fully saturated rings. The molecule has 0 saturated carbocycles. The maximum Gasteiger partial charge on any atom is 0.223 e. The molecule has 1 aromatic heterocycles. The maximum absolute atomic E-state index is 12.3. The summed E-state index contributed by atoms with van der Waals surface area (Å²) in [6.07, 6.45) is 4.35. The van der Waals surface area contributed by atoms with E-state index in [1.54, 1.807) is 4.90 Å². The molecule has 2 aliphatic heterocycles. The Morgan fingerprint density at radius 2 is 1.89 bits per heavy atom. The smallest absolute Gasteiger partial charge is 0.223 e. The summed E-state index contributed by atoms with van der Waals surface area (Å²) >= 11 is 0. The normalized spacial score (nSPS) is 17.9. The monoisotopic (exact) mass is 380 g/mol. The van der Waals surface area contributed by atoms with E-state index in [4.69, 9.17) is 15.5 Å². The number of benzene rings is 1. The molecule has 2 amide bonds. The molecule has 3 heterocycles. The molecule has 7 heteroatoms. The molecule has 0 aliphatic carbocycles. The Kier molecular flexibility index (Phi) is 5.09. The van der Waals surface area contributed by atoms with E-state index in [2.05, 4.69) is 4.98 Å². The number of nitrogens with two attached hydrogens (primary N) is 1. The van der Waals surface area contributed by atoms with Gasteiger partial charge in [0.25, 0.3) is 0 Å². The molecule has 4 rings (SSSR count). The predicted molar refractivity (Wildman–Crippen MR) is 103 cm³/mol. The third-order valence-electron chi connectivity index (χ3n) is 5.59. The second-order valence-electron chi connectivity index (χ2n) is 7.37. The number of amides is 2. The van der Waals surface area contributed by atoms with Crippen molar-refractivity contribution in [3.8, 4) is 11.4 Å². The Morgan fingerprint density at radius 1 is 1.14 bits per heavy atom. The van der Waals surface area contributed by atoms with Gasteiger partial charge < -0.3 is 15.4 Å². The van der Waals surface area contributed by atoms with Gasteiger partial charge in [0.05, 0.1) is 12.3 Å². The lowest BCUT2D eigenvalue weighted by Crippen LogP contribution is -2.49. The van der Waals surface area contributed by atoms with Crippen LogP contribution in [0.2, 0.25) is 0 Å². The highest BCUT2D eigenvalue weighted by molar-refractivity contribution is 5.83. The van der Waals surface area contributed by atoms with Crippen molar-refractivity contribution in [2.24, 2.45) is 5.73 Å². The van der Waals surface area contributed by atoms with E-state index in [0.29, 0.717) is 38.4 Å². The largest absolute Gasteiger partial charge is 0.370 e. The summed E-state index contributed by atoms with van der Waals surface area (Å²) in [6, 6.07) is 9.91. The number of hydrogen-bond acceptors (Lipinski definition) is 5. The van der Waals surface area contributed by atoms with Crippen molar-refractivity contribution >= 4 is 11.8 Å². The predicted octanol–water partition coefficient (Wildman–Crippen LogP) is 1.80. The average Bonchev–Trinajstić information content (AvgIpc) is 2.73. The first kappa shape index (κ1) is 18.6. The number of nitrogens with zero attached hydrogens (tertiary/aromatic N) is 3. The van der Waals surface area contributed by atoms with Gasteiger partial charge in [-0.25, -0.2) is 9.97 Å². The van der Waals surface area contributed by atoms with E-state index in [0.717, 1.165) is 23.2 Å². The third kappa shape index (κ3) is 3.62. The van der Waals surface area contributed by atoms with Gasteiger partial charge in [-0.3, -0.25) is 9.59 Å². The Hall–Kier alpha value is -2.80. The molecule has 1 saturated heterocycles. The Labute approximate surface area is 163 Å². The van der Waals surface area contributed by atoms with Crippen molar-refractivity contribution in [3.63, 3.8) is 0 Å². The van der Waals surface area contributed by atoms with Crippen LogP contribution in [-0.2, 0) is 26.3 Å². The van der Waals surface area contributed by atoms with E-state index < -0.39 is 11.5 Å². The standard InChI is InChI=1S/C21H24N4O3/c22-17(26)6-7-18(27)25-11-9-21(10-12-25)19-16(8-13-28-21)14-23-20(24-19)15-4-2-1-3-5-15/h1-5,14H,6-13H2,(H2,22,26). The van der Waals surface area contributed by atoms with Crippen LogP contribution in [0.1, 0.15) is 36.9 Å². The molecule has 2 aromatic rings. The van der Waals surface area contributed by atoms with Gasteiger partial charge in [-0.05, 0) is 24.8 Å². The van der Waals surface area contributed by atoms with Crippen LogP contribution in [0.4, 0.5) is 0 Å². The molecular weight excluding hydrogens is 356 g/mol. The van der Waals surface area contributed by atoms with Crippen molar-refractivity contribution in [3.05, 3.63) is 47.8 Å². The molecule has 7 nitrogen and oxygen atoms in total. The Balaban J connectivity index is 1.54. The number of piperidine rings is 1. The second-order valence-corrected chi connectivity index (χ2v) is 7.37. The van der Waals surface area contributed by atoms with E-state index in [-0.39, 0.29) is 18.7 Å². The number of likely N-dealkylation sites (tertiary alicyclic amines) is 1. The van der Waals surface area contributed by atoms with E-state index >= 15 is 0 Å². The fourth-order valence-electron chi connectivity index (χ4n) is 4.02. The Bertz CT molecular complexity index is 876. The molecule has 0 unspecified atom stereocenters. The lowest BCUT2D eigenvalue weighted by Gasteiger charge is -2.44. The average molecular weight is 380 g/mol. The lowest BCUT2D eigenvalue weighted by molar-refractivity contribution is -0.142. The van der Waals surface area contributed by atoms with Gasteiger partial charge in [0.15, 0.2) is 5.82 Å². The molecule has 0 atom stereocenters. The summed E-state index contributed by atoms with van der Waals surface area (Å²) in [5.41, 5.74) is 7.74. The quantitative estimate of drug-likeness (QED) is 0.872. The first-order valence-corrected chi connectivity index (χ1v) is 9.69. The molecule has 2 aliphatic rings. The van der Waals surface area contributed by atoms with Crippen LogP contribution < -0.4 is 5.73 Å². The SMILES string of the molecule is NC(=O)CCC(=O)N1CCC2(CC1)OCCc1cnc(-c3ccccc3)nc12. The highest BCUT2D eigenvalue weighted by atomic mass is 16.5. The minimum Gasteiger partial charge on any atom is -0.370 e. The maximum atomic E-state index is 12.3. The highest BCUT2D eigenvalue weighted by Crippen LogP contribution is 2.41. The fourth-order valence-corrected chi connectivity index (χ4v) is 4.02. The zero-order valence-corrected chi connectivity index (χ0v) is 15.8. The van der Waals surface area contributed by atoms with Crippen LogP contribution in [0.5, 0.6) is 0 Å². The number of aromatic nitrogens is 2. The van der Waals surface area contributed by atoms with Gasteiger partial charge in [-0.2, -0.15) is 0 Å². The minimum absolute atomic E-state index is 0.0302. The van der Waals surface area contributed by atoms with Crippen molar-refractivity contribution in [2.45, 2.75) is 37.7 Å². The van der Waals surface area contributed by atoms with Crippen LogP contribution in [0.15, 0.2) is 36.5 Å². The first-order valence-electron chi connectivity index (χ1n) is 9.69. The minimum atomic E-state index is -0.472. The van der Waals surface area contributed by atoms with Crippen molar-refractivity contribution in [1.82, 2.24) is 14.9 Å². The van der Waals surface area contributed by atoms with Crippen LogP contribution in [0.3, 0.4) is 0 Å². The summed E-state index contributed by atoms with van der Waals surface area (Å²) in [5.74, 6) is 0.220. The third-order valence-corrected chi connectivity index (χ3v) is 5.59. The summed E-state index contributed by atoms with van der Waals surface area (Å²) in [6.45, 7) is 1.81. The van der Waals surface area contributed by atoms with Gasteiger partial charge in [0, 0.05) is 37.7 Å². The molecule has 0 radical (unpaired) electrons. The number of primary amides is 1. The number of rotatable bonds is 4. The summed E-state index contributed by atoms with van der Waals surface area (Å²) in [7, 11) is 0. The topological polar surface area (TPSA) is 98.4 Å². The molecule has 1 spiro atoms. The van der Waals surface area contributed by atoms with Gasteiger partial charge in [0.1, 0.15) is 5.60 Å². The number of fused-ring (bicyclic) bond motifs is 2.